The second-order valence-electron chi connectivity index (χ2n) is 34.6. The van der Waals surface area contributed by atoms with Crippen LogP contribution in [-0.4, -0.2) is 58.7 Å². The van der Waals surface area contributed by atoms with Crippen LogP contribution in [-0.2, 0) is 13.1 Å². The fraction of sp³-hybridized carbons (Fsp3) is 0.698. The van der Waals surface area contributed by atoms with E-state index in [4.69, 9.17) is 38.4 Å². The largest absolute Gasteiger partial charge is 0.490 e. The zero-order valence-corrected chi connectivity index (χ0v) is 75.6. The van der Waals surface area contributed by atoms with E-state index in [-0.39, 0.29) is 0 Å². The predicted molar refractivity (Wildman–Crippen MR) is 499 cm³/mol. The SMILES string of the molecule is CCCCCCCCCCCCOc1cc(Cn2c(-c3cccc(-c4nc5ccccc5n4Cc4cc(OCCCCCCCCCCCC)c(OCCCCCCCCCCCC)c(OCCCCCCCCCCCC)c4)c3)nc3ccccc32)cc(OCCCCCCCCCCCC)c1OCCCCCCCCCCCC. The maximum Gasteiger partial charge on any atom is 0.203 e. The number of para-hydroxylation sites is 4. The lowest BCUT2D eigenvalue weighted by molar-refractivity contribution is 0.233. The van der Waals surface area contributed by atoms with E-state index in [0.29, 0.717) is 52.7 Å². The van der Waals surface area contributed by atoms with E-state index >= 15 is 0 Å². The van der Waals surface area contributed by atoms with Crippen molar-refractivity contribution in [1.82, 2.24) is 19.1 Å². The zero-order valence-electron chi connectivity index (χ0n) is 75.6. The van der Waals surface area contributed by atoms with Crippen molar-refractivity contribution in [2.75, 3.05) is 39.6 Å². The summed E-state index contributed by atoms with van der Waals surface area (Å²) in [6.45, 7) is 18.8. The minimum atomic E-state index is 0.562. The monoisotopic (exact) mass is 1600 g/mol. The van der Waals surface area contributed by atoms with Crippen LogP contribution in [0.15, 0.2) is 97.1 Å². The van der Waals surface area contributed by atoms with E-state index in [2.05, 4.69) is 148 Å². The normalized spacial score (nSPS) is 11.6. The highest BCUT2D eigenvalue weighted by molar-refractivity contribution is 5.84. The van der Waals surface area contributed by atoms with Crippen LogP contribution in [0.5, 0.6) is 34.5 Å². The van der Waals surface area contributed by atoms with Gasteiger partial charge < -0.3 is 37.6 Å². The number of ether oxygens (including phenoxy) is 6. The lowest BCUT2D eigenvalue weighted by atomic mass is 10.1. The van der Waals surface area contributed by atoms with Crippen LogP contribution < -0.4 is 28.4 Å². The Labute approximate surface area is 710 Å². The molecule has 5 aromatic carbocycles. The molecule has 0 saturated heterocycles. The summed E-state index contributed by atoms with van der Waals surface area (Å²) in [5.41, 5.74) is 8.33. The summed E-state index contributed by atoms with van der Waals surface area (Å²) in [6.07, 6.45) is 76.9. The summed E-state index contributed by atoms with van der Waals surface area (Å²) >= 11 is 0. The lowest BCUT2D eigenvalue weighted by Gasteiger charge is -2.20. The Morgan fingerprint density at radius 1 is 0.216 bits per heavy atom. The maximum atomic E-state index is 7.01. The van der Waals surface area contributed by atoms with Gasteiger partial charge in [0.05, 0.1) is 61.7 Å². The van der Waals surface area contributed by atoms with Crippen LogP contribution in [0.2, 0.25) is 0 Å². The minimum absolute atomic E-state index is 0.562. The smallest absolute Gasteiger partial charge is 0.203 e. The number of imidazole rings is 2. The van der Waals surface area contributed by atoms with E-state index in [0.717, 1.165) is 155 Å². The molecule has 0 aliphatic carbocycles. The fourth-order valence-electron chi connectivity index (χ4n) is 16.8. The average molecular weight is 1600 g/mol. The number of fused-ring (bicyclic) bond motifs is 2. The summed E-state index contributed by atoms with van der Waals surface area (Å²) in [7, 11) is 0. The summed E-state index contributed by atoms with van der Waals surface area (Å²) in [5, 5.41) is 0. The van der Waals surface area contributed by atoms with Crippen molar-refractivity contribution in [1.29, 1.82) is 0 Å². The molecule has 0 bridgehead atoms. The highest BCUT2D eigenvalue weighted by Gasteiger charge is 2.23. The van der Waals surface area contributed by atoms with Crippen molar-refractivity contribution in [2.45, 2.75) is 440 Å². The first-order valence-corrected chi connectivity index (χ1v) is 49.6. The highest BCUT2D eigenvalue weighted by atomic mass is 16.5. The van der Waals surface area contributed by atoms with Crippen LogP contribution in [0.4, 0.5) is 0 Å². The average Bonchev–Trinajstić information content (AvgIpc) is 1.61. The molecule has 0 fully saturated rings. The van der Waals surface area contributed by atoms with Gasteiger partial charge in [-0.15, -0.1) is 0 Å². The first-order valence-electron chi connectivity index (χ1n) is 49.6. The molecule has 0 unspecified atom stereocenters. The predicted octanol–water partition coefficient (Wildman–Crippen LogP) is 33.6. The number of benzene rings is 5. The fourth-order valence-corrected chi connectivity index (χ4v) is 16.8. The number of nitrogens with zero attached hydrogens (tertiary/aromatic N) is 4. The lowest BCUT2D eigenvalue weighted by Crippen LogP contribution is -2.09. The van der Waals surface area contributed by atoms with Gasteiger partial charge in [-0.1, -0.05) is 431 Å². The standard InChI is InChI=1S/C106H170N4O6/c1-7-13-19-25-31-37-43-49-55-65-78-111-99-84-91(85-100(112-79-66-56-50-44-38-32-26-20-14-8-2)103(99)115-82-69-59-53-47-41-35-29-23-17-11-5)89-109-97-76-63-61-74-95(97)107-105(109)93-72-71-73-94(88-93)106-108-96-75-62-64-77-98(96)110(106)90-92-86-101(113-80-67-57-51-45-39-33-27-21-15-9-3)104(116-83-70-60-54-48-42-36-30-24-18-12-6)102(87-92)114-81-68-58-52-46-40-34-28-22-16-10-4/h61-64,71-77,84-88H,7-60,65-70,78-83,89-90H2,1-6H3. The summed E-state index contributed by atoms with van der Waals surface area (Å²) in [5.74, 6) is 6.51. The summed E-state index contributed by atoms with van der Waals surface area (Å²) in [4.78, 5) is 11.1. The summed E-state index contributed by atoms with van der Waals surface area (Å²) < 4.78 is 46.8. The molecule has 0 N–H and O–H groups in total. The molecule has 0 atom stereocenters. The van der Waals surface area contributed by atoms with Crippen LogP contribution in [0, 0.1) is 0 Å². The Morgan fingerprint density at radius 2 is 0.422 bits per heavy atom. The minimum Gasteiger partial charge on any atom is -0.490 e. The number of aromatic nitrogens is 4. The molecule has 10 heteroatoms. The van der Waals surface area contributed by atoms with Gasteiger partial charge >= 0.3 is 0 Å². The number of unbranched alkanes of at least 4 members (excludes halogenated alkanes) is 54. The third-order valence-electron chi connectivity index (χ3n) is 24.0. The number of rotatable bonds is 78. The zero-order chi connectivity index (χ0) is 81.4. The van der Waals surface area contributed by atoms with Gasteiger partial charge in [-0.3, -0.25) is 0 Å². The van der Waals surface area contributed by atoms with Crippen molar-refractivity contribution in [3.05, 3.63) is 108 Å². The molecule has 650 valence electrons. The van der Waals surface area contributed by atoms with Gasteiger partial charge in [0.25, 0.3) is 0 Å². The van der Waals surface area contributed by atoms with Gasteiger partial charge in [0.1, 0.15) is 11.6 Å². The van der Waals surface area contributed by atoms with Crippen LogP contribution in [0.1, 0.15) is 438 Å². The second-order valence-corrected chi connectivity index (χ2v) is 34.6. The molecule has 2 heterocycles. The van der Waals surface area contributed by atoms with Crippen molar-refractivity contribution < 1.29 is 28.4 Å². The molecule has 0 aliphatic heterocycles. The van der Waals surface area contributed by atoms with Crippen molar-refractivity contribution >= 4 is 22.1 Å². The van der Waals surface area contributed by atoms with Gasteiger partial charge in [-0.2, -0.15) is 0 Å². The first kappa shape index (κ1) is 97.0. The van der Waals surface area contributed by atoms with E-state index in [9.17, 15) is 0 Å². The Morgan fingerprint density at radius 3 is 0.655 bits per heavy atom. The Balaban J connectivity index is 1.19. The quantitative estimate of drug-likeness (QED) is 0.0348. The van der Waals surface area contributed by atoms with Gasteiger partial charge in [0.15, 0.2) is 23.0 Å². The number of hydrogen-bond donors (Lipinski definition) is 0. The van der Waals surface area contributed by atoms with Gasteiger partial charge in [-0.05, 0) is 104 Å². The molecule has 7 rings (SSSR count). The van der Waals surface area contributed by atoms with Gasteiger partial charge in [0, 0.05) is 24.2 Å². The van der Waals surface area contributed by atoms with Gasteiger partial charge in [0.2, 0.25) is 11.5 Å². The molecule has 2 aromatic heterocycles. The molecular formula is C106H170N4O6. The molecule has 0 aliphatic rings. The highest BCUT2D eigenvalue weighted by Crippen LogP contribution is 2.43. The van der Waals surface area contributed by atoms with E-state index in [1.165, 1.54) is 321 Å². The topological polar surface area (TPSA) is 91.0 Å². The van der Waals surface area contributed by atoms with Crippen LogP contribution in [0.25, 0.3) is 44.8 Å². The van der Waals surface area contributed by atoms with Crippen LogP contribution >= 0.6 is 0 Å². The molecule has 0 saturated carbocycles. The second kappa shape index (κ2) is 64.7. The molecule has 0 spiro atoms. The molecular weight excluding hydrogens is 1430 g/mol. The Hall–Kier alpha value is -6.16. The molecule has 0 radical (unpaired) electrons. The Bertz CT molecular complexity index is 3210. The van der Waals surface area contributed by atoms with E-state index < -0.39 is 0 Å². The van der Waals surface area contributed by atoms with E-state index in [1.54, 1.807) is 0 Å². The molecule has 7 aromatic rings. The molecule has 10 nitrogen and oxygen atoms in total. The van der Waals surface area contributed by atoms with Crippen molar-refractivity contribution in [3.63, 3.8) is 0 Å². The summed E-state index contributed by atoms with van der Waals surface area (Å²) in [6, 6.07) is 35.3. The van der Waals surface area contributed by atoms with Crippen molar-refractivity contribution in [3.8, 4) is 57.3 Å². The van der Waals surface area contributed by atoms with E-state index in [1.807, 2.05) is 0 Å². The molecule has 116 heavy (non-hydrogen) atoms. The molecule has 0 amide bonds. The number of hydrogen-bond acceptors (Lipinski definition) is 8. The third kappa shape index (κ3) is 39.8. The van der Waals surface area contributed by atoms with Crippen molar-refractivity contribution in [2.24, 2.45) is 0 Å². The Kier molecular flexibility index (Phi) is 54.1. The third-order valence-corrected chi connectivity index (χ3v) is 24.0. The van der Waals surface area contributed by atoms with Gasteiger partial charge in [-0.25, -0.2) is 9.97 Å². The maximum absolute atomic E-state index is 7.01. The first-order chi connectivity index (χ1) is 57.5. The van der Waals surface area contributed by atoms with Crippen LogP contribution in [0.3, 0.4) is 0 Å².